The summed E-state index contributed by atoms with van der Waals surface area (Å²) in [6, 6.07) is 1.61. The molecule has 2 rings (SSSR count). The first-order chi connectivity index (χ1) is 8.11. The third-order valence-corrected chi connectivity index (χ3v) is 2.02. The van der Waals surface area contributed by atoms with Crippen LogP contribution in [-0.2, 0) is 11.3 Å². The molecule has 2 heterocycles. The highest BCUT2D eigenvalue weighted by molar-refractivity contribution is 5.86. The van der Waals surface area contributed by atoms with E-state index < -0.39 is 5.97 Å². The highest BCUT2D eigenvalue weighted by atomic mass is 16.5. The molecule has 7 nitrogen and oxygen atoms in total. The van der Waals surface area contributed by atoms with Gasteiger partial charge in [0.1, 0.15) is 11.5 Å². The van der Waals surface area contributed by atoms with Gasteiger partial charge < -0.3 is 18.8 Å². The zero-order valence-corrected chi connectivity index (χ0v) is 9.26. The smallest absolute Gasteiger partial charge is 0.373 e. The van der Waals surface area contributed by atoms with E-state index in [4.69, 9.17) is 18.8 Å². The van der Waals surface area contributed by atoms with Crippen molar-refractivity contribution in [2.45, 2.75) is 13.5 Å². The predicted molar refractivity (Wildman–Crippen MR) is 54.4 cm³/mol. The van der Waals surface area contributed by atoms with Crippen LogP contribution in [0.1, 0.15) is 22.0 Å². The largest absolute Gasteiger partial charge is 0.475 e. The molecular weight excluding hydrogens is 228 g/mol. The number of rotatable bonds is 4. The predicted octanol–water partition coefficient (Wildman–Crippen LogP) is 1.48. The molecule has 2 aromatic rings. The summed E-state index contributed by atoms with van der Waals surface area (Å²) >= 11 is 0. The zero-order chi connectivity index (χ0) is 12.4. The summed E-state index contributed by atoms with van der Waals surface area (Å²) in [7, 11) is 1.44. The lowest BCUT2D eigenvalue weighted by Gasteiger charge is -1.92. The highest BCUT2D eigenvalue weighted by Crippen LogP contribution is 2.22. The Morgan fingerprint density at radius 1 is 1.59 bits per heavy atom. The van der Waals surface area contributed by atoms with Crippen molar-refractivity contribution < 1.29 is 23.6 Å². The van der Waals surface area contributed by atoms with E-state index >= 15 is 0 Å². The monoisotopic (exact) mass is 238 g/mol. The van der Waals surface area contributed by atoms with Gasteiger partial charge in [0.2, 0.25) is 11.7 Å². The lowest BCUT2D eigenvalue weighted by atomic mass is 10.3. The Bertz CT molecular complexity index is 543. The fourth-order valence-electron chi connectivity index (χ4n) is 1.33. The molecule has 90 valence electrons. The van der Waals surface area contributed by atoms with Crippen LogP contribution in [-0.4, -0.2) is 28.3 Å². The summed E-state index contributed by atoms with van der Waals surface area (Å²) in [6.07, 6.45) is 0. The van der Waals surface area contributed by atoms with Crippen LogP contribution in [0.2, 0.25) is 0 Å². The lowest BCUT2D eigenvalue weighted by Crippen LogP contribution is -2.00. The van der Waals surface area contributed by atoms with Crippen LogP contribution < -0.4 is 0 Å². The minimum absolute atomic E-state index is 0.0575. The molecule has 2 aromatic heterocycles. The minimum atomic E-state index is -1.20. The molecule has 0 atom stereocenters. The van der Waals surface area contributed by atoms with Gasteiger partial charge in [-0.25, -0.2) is 9.78 Å². The highest BCUT2D eigenvalue weighted by Gasteiger charge is 2.21. The van der Waals surface area contributed by atoms with Gasteiger partial charge >= 0.3 is 5.97 Å². The second kappa shape index (κ2) is 4.38. The zero-order valence-electron chi connectivity index (χ0n) is 9.26. The minimum Gasteiger partial charge on any atom is -0.475 e. The van der Waals surface area contributed by atoms with Crippen molar-refractivity contribution in [1.29, 1.82) is 0 Å². The second-order valence-corrected chi connectivity index (χ2v) is 3.36. The van der Waals surface area contributed by atoms with Crippen LogP contribution in [0.4, 0.5) is 0 Å². The topological polar surface area (TPSA) is 98.6 Å². The number of methoxy groups -OCH3 is 1. The molecule has 0 fully saturated rings. The van der Waals surface area contributed by atoms with E-state index in [0.717, 1.165) is 0 Å². The third kappa shape index (κ3) is 2.18. The molecule has 0 saturated carbocycles. The molecular formula is C10H10N2O5. The van der Waals surface area contributed by atoms with Crippen LogP contribution in [0, 0.1) is 6.92 Å². The number of oxazole rings is 1. The molecule has 0 aliphatic carbocycles. The number of carbonyl (C=O) groups is 1. The number of ether oxygens (including phenoxy) is 1. The van der Waals surface area contributed by atoms with Crippen molar-refractivity contribution in [3.8, 4) is 11.6 Å². The fraction of sp³-hybridized carbons (Fsp3) is 0.300. The molecule has 0 saturated heterocycles. The number of nitrogens with zero attached hydrogens (tertiary/aromatic N) is 2. The van der Waals surface area contributed by atoms with Gasteiger partial charge in [0.25, 0.3) is 0 Å². The van der Waals surface area contributed by atoms with E-state index in [1.807, 2.05) is 0 Å². The normalized spacial score (nSPS) is 10.7. The number of hydrogen-bond donors (Lipinski definition) is 1. The van der Waals surface area contributed by atoms with Gasteiger partial charge in [-0.05, 0) is 6.92 Å². The van der Waals surface area contributed by atoms with Gasteiger partial charge in [-0.2, -0.15) is 0 Å². The molecule has 7 heteroatoms. The van der Waals surface area contributed by atoms with Gasteiger partial charge in [0.15, 0.2) is 5.69 Å². The molecule has 0 bridgehead atoms. The number of aromatic nitrogens is 2. The SMILES string of the molecule is COCc1nc(-c2cc(C)on2)oc1C(=O)O. The Morgan fingerprint density at radius 3 is 2.88 bits per heavy atom. The number of hydrogen-bond acceptors (Lipinski definition) is 6. The quantitative estimate of drug-likeness (QED) is 0.861. The second-order valence-electron chi connectivity index (χ2n) is 3.36. The van der Waals surface area contributed by atoms with Gasteiger partial charge in [0.05, 0.1) is 6.61 Å². The van der Waals surface area contributed by atoms with Crippen LogP contribution in [0.5, 0.6) is 0 Å². The Labute approximate surface area is 96.0 Å². The van der Waals surface area contributed by atoms with Gasteiger partial charge in [-0.1, -0.05) is 5.16 Å². The molecule has 0 spiro atoms. The first-order valence-corrected chi connectivity index (χ1v) is 4.77. The van der Waals surface area contributed by atoms with Crippen molar-refractivity contribution in [2.75, 3.05) is 7.11 Å². The van der Waals surface area contributed by atoms with E-state index in [-0.39, 0.29) is 24.0 Å². The van der Waals surface area contributed by atoms with Crippen LogP contribution >= 0.6 is 0 Å². The summed E-state index contributed by atoms with van der Waals surface area (Å²) in [5.41, 5.74) is 0.572. The van der Waals surface area contributed by atoms with Crippen molar-refractivity contribution >= 4 is 5.97 Å². The van der Waals surface area contributed by atoms with Gasteiger partial charge in [-0.15, -0.1) is 0 Å². The number of carboxylic acid groups (broad SMARTS) is 1. The number of aromatic carboxylic acids is 1. The first-order valence-electron chi connectivity index (χ1n) is 4.77. The molecule has 0 amide bonds. The Balaban J connectivity index is 2.43. The Morgan fingerprint density at radius 2 is 2.35 bits per heavy atom. The Hall–Kier alpha value is -2.15. The third-order valence-electron chi connectivity index (χ3n) is 2.02. The molecule has 0 radical (unpaired) electrons. The van der Waals surface area contributed by atoms with E-state index in [0.29, 0.717) is 11.5 Å². The van der Waals surface area contributed by atoms with E-state index in [2.05, 4.69) is 10.1 Å². The number of carboxylic acids is 1. The summed E-state index contributed by atoms with van der Waals surface area (Å²) in [4.78, 5) is 14.9. The van der Waals surface area contributed by atoms with E-state index in [1.165, 1.54) is 7.11 Å². The lowest BCUT2D eigenvalue weighted by molar-refractivity contribution is 0.0656. The van der Waals surface area contributed by atoms with Crippen LogP contribution in [0.3, 0.4) is 0 Å². The van der Waals surface area contributed by atoms with E-state index in [9.17, 15) is 4.79 Å². The van der Waals surface area contributed by atoms with Crippen molar-refractivity contribution in [2.24, 2.45) is 0 Å². The van der Waals surface area contributed by atoms with Crippen LogP contribution in [0.15, 0.2) is 15.0 Å². The van der Waals surface area contributed by atoms with Crippen molar-refractivity contribution in [1.82, 2.24) is 10.1 Å². The average molecular weight is 238 g/mol. The molecule has 0 aromatic carbocycles. The fourth-order valence-corrected chi connectivity index (χ4v) is 1.33. The molecule has 0 aliphatic heterocycles. The van der Waals surface area contributed by atoms with Gasteiger partial charge in [0, 0.05) is 13.2 Å². The molecule has 1 N–H and O–H groups in total. The first kappa shape index (κ1) is 11.3. The van der Waals surface area contributed by atoms with E-state index in [1.54, 1.807) is 13.0 Å². The molecule has 0 aliphatic rings. The molecule has 0 unspecified atom stereocenters. The van der Waals surface area contributed by atoms with Gasteiger partial charge in [-0.3, -0.25) is 0 Å². The average Bonchev–Trinajstić information content (AvgIpc) is 2.85. The standard InChI is InChI=1S/C10H10N2O5/c1-5-3-6(12-17-5)9-11-7(4-15-2)8(16-9)10(13)14/h3H,4H2,1-2H3,(H,13,14). The van der Waals surface area contributed by atoms with Crippen molar-refractivity contribution in [3.05, 3.63) is 23.3 Å². The van der Waals surface area contributed by atoms with Crippen molar-refractivity contribution in [3.63, 3.8) is 0 Å². The Kier molecular flexibility index (Phi) is 2.92. The summed E-state index contributed by atoms with van der Waals surface area (Å²) in [5.74, 6) is -0.756. The maximum Gasteiger partial charge on any atom is 0.373 e. The van der Waals surface area contributed by atoms with Crippen LogP contribution in [0.25, 0.3) is 11.6 Å². The summed E-state index contributed by atoms with van der Waals surface area (Å²) in [6.45, 7) is 1.77. The molecule has 17 heavy (non-hydrogen) atoms. The number of aryl methyl sites for hydroxylation is 1. The maximum atomic E-state index is 10.9. The summed E-state index contributed by atoms with van der Waals surface area (Å²) in [5, 5.41) is 12.6. The summed E-state index contributed by atoms with van der Waals surface area (Å²) < 4.78 is 14.8. The maximum absolute atomic E-state index is 10.9.